The van der Waals surface area contributed by atoms with Crippen LogP contribution in [0.25, 0.3) is 21.8 Å². The number of fused-ring (bicyclic) bond motifs is 3. The first-order valence-corrected chi connectivity index (χ1v) is 16.7. The number of hydrogen-bond donors (Lipinski definition) is 0. The van der Waals surface area contributed by atoms with E-state index in [1.807, 2.05) is 63.2 Å². The fraction of sp³-hybridized carbons (Fsp3) is 0.278. The summed E-state index contributed by atoms with van der Waals surface area (Å²) >= 11 is 3.04. The van der Waals surface area contributed by atoms with Crippen molar-refractivity contribution >= 4 is 45.3 Å². The number of ketones is 1. The lowest BCUT2D eigenvalue weighted by Gasteiger charge is -2.27. The molecule has 4 heterocycles. The van der Waals surface area contributed by atoms with Crippen LogP contribution in [0.3, 0.4) is 0 Å². The Hall–Kier alpha value is -4.52. The maximum absolute atomic E-state index is 14.4. The second-order valence-electron chi connectivity index (χ2n) is 11.7. The molecular weight excluding hydrogens is 601 g/mol. The zero-order valence-corrected chi connectivity index (χ0v) is 27.5. The number of hydrogen-bond acceptors (Lipinski definition) is 7. The van der Waals surface area contributed by atoms with Gasteiger partial charge in [-0.1, -0.05) is 41.7 Å². The van der Waals surface area contributed by atoms with E-state index in [-0.39, 0.29) is 11.3 Å². The van der Waals surface area contributed by atoms with E-state index >= 15 is 0 Å². The molecule has 0 fully saturated rings. The highest BCUT2D eigenvalue weighted by atomic mass is 32.1. The van der Waals surface area contributed by atoms with Gasteiger partial charge in [0.2, 0.25) is 0 Å². The van der Waals surface area contributed by atoms with Gasteiger partial charge >= 0.3 is 0 Å². The first-order chi connectivity index (χ1) is 21.7. The van der Waals surface area contributed by atoms with Crippen molar-refractivity contribution < 1.29 is 9.53 Å². The minimum atomic E-state index is -0.690. The summed E-state index contributed by atoms with van der Waals surface area (Å²) in [5, 5.41) is 13.0. The standard InChI is InChI=1S/C36H32N4O3S2/c1-19-16-24(21(3)39(19)35-27(18-37)26-12-8-9-13-29(26)44-35)17-30-34(42)40-33(31(22(4)41)20(2)38-36(40)45-30)32-25-11-7-6-10-23(25)14-15-28(32)43-5/h6-7,10-11,14-17,33H,8-9,12-13H2,1-5H3/t33-/m0/s1. The van der Waals surface area contributed by atoms with Crippen molar-refractivity contribution in [1.29, 1.82) is 5.26 Å². The van der Waals surface area contributed by atoms with Gasteiger partial charge in [-0.05, 0) is 93.5 Å². The van der Waals surface area contributed by atoms with Crippen molar-refractivity contribution in [3.8, 4) is 16.8 Å². The van der Waals surface area contributed by atoms with Gasteiger partial charge in [0.25, 0.3) is 5.56 Å². The third-order valence-corrected chi connectivity index (χ3v) is 11.3. The van der Waals surface area contributed by atoms with Crippen molar-refractivity contribution in [2.45, 2.75) is 59.4 Å². The molecule has 0 bridgehead atoms. The number of Topliss-reactive ketones (excluding diaryl/α,β-unsaturated/α-hetero) is 1. The highest BCUT2D eigenvalue weighted by Gasteiger charge is 2.34. The van der Waals surface area contributed by atoms with Gasteiger partial charge in [-0.2, -0.15) is 5.26 Å². The van der Waals surface area contributed by atoms with E-state index in [0.29, 0.717) is 26.4 Å². The second kappa shape index (κ2) is 11.1. The number of nitrogens with zero attached hydrogens (tertiary/aromatic N) is 4. The summed E-state index contributed by atoms with van der Waals surface area (Å²) in [6.45, 7) is 7.44. The summed E-state index contributed by atoms with van der Waals surface area (Å²) in [4.78, 5) is 34.2. The Morgan fingerprint density at radius 3 is 2.64 bits per heavy atom. The molecule has 9 heteroatoms. The van der Waals surface area contributed by atoms with Crippen LogP contribution in [0.2, 0.25) is 0 Å². The Bertz CT molecular complexity index is 2320. The fourth-order valence-electron chi connectivity index (χ4n) is 6.99. The second-order valence-corrected chi connectivity index (χ2v) is 13.8. The number of ether oxygens (including phenoxy) is 1. The molecule has 0 N–H and O–H groups in total. The predicted octanol–water partition coefficient (Wildman–Crippen LogP) is 6.21. The van der Waals surface area contributed by atoms with E-state index in [1.165, 1.54) is 28.7 Å². The van der Waals surface area contributed by atoms with Gasteiger partial charge in [-0.25, -0.2) is 4.99 Å². The third kappa shape index (κ3) is 4.54. The smallest absolute Gasteiger partial charge is 0.271 e. The molecule has 1 aliphatic heterocycles. The topological polar surface area (TPSA) is 89.4 Å². The van der Waals surface area contributed by atoms with Crippen LogP contribution in [0.5, 0.6) is 5.75 Å². The maximum Gasteiger partial charge on any atom is 0.271 e. The Morgan fingerprint density at radius 2 is 1.89 bits per heavy atom. The SMILES string of the molecule is COc1ccc2ccccc2c1[C@@H]1C(C(C)=O)=C(C)N=c2sc(=Cc3cc(C)n(-c4sc5c(c4C#N)CCCC5)c3C)c(=O)n21. The number of thiazole rings is 1. The number of carbonyl (C=O) groups is 1. The lowest BCUT2D eigenvalue weighted by atomic mass is 9.89. The van der Waals surface area contributed by atoms with Gasteiger partial charge in [-0.15, -0.1) is 11.3 Å². The summed E-state index contributed by atoms with van der Waals surface area (Å²) in [6, 6.07) is 15.7. The van der Waals surface area contributed by atoms with Gasteiger partial charge in [0.05, 0.1) is 23.2 Å². The van der Waals surface area contributed by atoms with Gasteiger partial charge in [0.1, 0.15) is 16.8 Å². The average Bonchev–Trinajstić information content (AvgIpc) is 3.64. The molecule has 45 heavy (non-hydrogen) atoms. The van der Waals surface area contributed by atoms with Gasteiger partial charge in [0.15, 0.2) is 10.6 Å². The highest BCUT2D eigenvalue weighted by Crippen LogP contribution is 2.41. The molecule has 7 rings (SSSR count). The summed E-state index contributed by atoms with van der Waals surface area (Å²) in [6.07, 6.45) is 6.17. The molecule has 0 radical (unpaired) electrons. The van der Waals surface area contributed by atoms with Crippen molar-refractivity contribution in [3.05, 3.63) is 112 Å². The normalized spacial score (nSPS) is 16.4. The Balaban J connectivity index is 1.44. The molecule has 7 nitrogen and oxygen atoms in total. The molecule has 0 unspecified atom stereocenters. The zero-order valence-electron chi connectivity index (χ0n) is 25.9. The van der Waals surface area contributed by atoms with E-state index in [2.05, 4.69) is 16.7 Å². The first kappa shape index (κ1) is 29.2. The number of allylic oxidation sites excluding steroid dienone is 2. The van der Waals surface area contributed by atoms with Crippen molar-refractivity contribution in [3.63, 3.8) is 0 Å². The Labute approximate surface area is 268 Å². The first-order valence-electron chi connectivity index (χ1n) is 15.1. The van der Waals surface area contributed by atoms with Gasteiger partial charge in [0, 0.05) is 33.1 Å². The van der Waals surface area contributed by atoms with E-state index in [1.54, 1.807) is 23.0 Å². The number of benzene rings is 2. The molecule has 0 saturated carbocycles. The van der Waals surface area contributed by atoms with Crippen LogP contribution in [-0.4, -0.2) is 22.0 Å². The quantitative estimate of drug-likeness (QED) is 0.231. The number of aryl methyl sites for hydroxylation is 2. The van der Waals surface area contributed by atoms with Crippen LogP contribution in [0.15, 0.2) is 63.5 Å². The summed E-state index contributed by atoms with van der Waals surface area (Å²) in [7, 11) is 1.61. The predicted molar refractivity (Wildman–Crippen MR) is 179 cm³/mol. The largest absolute Gasteiger partial charge is 0.496 e. The number of aromatic nitrogens is 2. The summed E-state index contributed by atoms with van der Waals surface area (Å²) < 4.78 is 10.2. The number of nitriles is 1. The lowest BCUT2D eigenvalue weighted by molar-refractivity contribution is -0.114. The average molecular weight is 633 g/mol. The Morgan fingerprint density at radius 1 is 1.11 bits per heavy atom. The number of rotatable bonds is 5. The van der Waals surface area contributed by atoms with Crippen LogP contribution in [0.1, 0.15) is 71.2 Å². The zero-order chi connectivity index (χ0) is 31.6. The van der Waals surface area contributed by atoms with Crippen molar-refractivity contribution in [2.24, 2.45) is 4.99 Å². The molecule has 2 aromatic carbocycles. The maximum atomic E-state index is 14.4. The lowest BCUT2D eigenvalue weighted by Crippen LogP contribution is -2.39. The van der Waals surface area contributed by atoms with Gasteiger partial charge < -0.3 is 9.30 Å². The minimum Gasteiger partial charge on any atom is -0.496 e. The number of thiophene rings is 1. The molecule has 1 aliphatic carbocycles. The van der Waals surface area contributed by atoms with Crippen LogP contribution < -0.4 is 19.6 Å². The molecule has 2 aliphatic rings. The fourth-order valence-corrected chi connectivity index (χ4v) is 9.48. The molecule has 5 aromatic rings. The van der Waals surface area contributed by atoms with Crippen LogP contribution in [0.4, 0.5) is 0 Å². The molecule has 3 aromatic heterocycles. The summed E-state index contributed by atoms with van der Waals surface area (Å²) in [5.41, 5.74) is 6.51. The van der Waals surface area contributed by atoms with E-state index < -0.39 is 6.04 Å². The van der Waals surface area contributed by atoms with Crippen LogP contribution >= 0.6 is 22.7 Å². The third-order valence-electron chi connectivity index (χ3n) is 9.05. The number of methoxy groups -OCH3 is 1. The molecular formula is C36H32N4O3S2. The Kier molecular flexibility index (Phi) is 7.22. The molecule has 1 atom stereocenters. The summed E-state index contributed by atoms with van der Waals surface area (Å²) in [5.74, 6) is 0.471. The molecule has 0 spiro atoms. The van der Waals surface area contributed by atoms with E-state index in [4.69, 9.17) is 9.73 Å². The highest BCUT2D eigenvalue weighted by molar-refractivity contribution is 7.15. The molecule has 226 valence electrons. The minimum absolute atomic E-state index is 0.138. The molecule has 0 amide bonds. The van der Waals surface area contributed by atoms with Crippen LogP contribution in [-0.2, 0) is 17.6 Å². The molecule has 0 saturated heterocycles. The van der Waals surface area contributed by atoms with Gasteiger partial charge in [-0.3, -0.25) is 14.2 Å². The van der Waals surface area contributed by atoms with Crippen molar-refractivity contribution in [1.82, 2.24) is 9.13 Å². The monoisotopic (exact) mass is 632 g/mol. The van der Waals surface area contributed by atoms with Crippen LogP contribution in [0, 0.1) is 25.2 Å². The van der Waals surface area contributed by atoms with Crippen molar-refractivity contribution in [2.75, 3.05) is 7.11 Å². The van der Waals surface area contributed by atoms with E-state index in [0.717, 1.165) is 69.5 Å². The number of carbonyl (C=O) groups excluding carboxylic acids is 1. The van der Waals surface area contributed by atoms with E-state index in [9.17, 15) is 14.9 Å².